The Morgan fingerprint density at radius 2 is 1.68 bits per heavy atom. The summed E-state index contributed by atoms with van der Waals surface area (Å²) in [5.41, 5.74) is 1.27. The number of ether oxygens (including phenoxy) is 1. The van der Waals surface area contributed by atoms with Crippen LogP contribution in [0.15, 0.2) is 42.5 Å². The Kier molecular flexibility index (Phi) is 5.14. The van der Waals surface area contributed by atoms with Crippen LogP contribution in [0.1, 0.15) is 24.3 Å². The highest BCUT2D eigenvalue weighted by atomic mass is 35.5. The van der Waals surface area contributed by atoms with Gasteiger partial charge in [0.2, 0.25) is 0 Å². The van der Waals surface area contributed by atoms with Gasteiger partial charge in [0.15, 0.2) is 6.23 Å². The summed E-state index contributed by atoms with van der Waals surface area (Å²) in [7, 11) is 0. The van der Waals surface area contributed by atoms with Crippen molar-refractivity contribution in [3.8, 4) is 5.75 Å². The first-order chi connectivity index (χ1) is 10.6. The maximum absolute atomic E-state index is 6.10. The van der Waals surface area contributed by atoms with Crippen LogP contribution >= 0.6 is 34.8 Å². The Hall–Kier alpha value is -0.930. The van der Waals surface area contributed by atoms with Crippen molar-refractivity contribution < 1.29 is 4.74 Å². The molecule has 1 fully saturated rings. The molecular weight excluding hydrogens is 341 g/mol. The molecule has 0 aliphatic carbocycles. The molecule has 5 heteroatoms. The monoisotopic (exact) mass is 355 g/mol. The minimum absolute atomic E-state index is 0.107. The topological polar surface area (TPSA) is 21.3 Å². The number of rotatable bonds is 3. The normalized spacial score (nSPS) is 21.6. The maximum atomic E-state index is 6.10. The Labute approximate surface area is 145 Å². The molecule has 1 aliphatic heterocycles. The van der Waals surface area contributed by atoms with Gasteiger partial charge in [-0.2, -0.15) is 0 Å². The molecule has 0 radical (unpaired) electrons. The number of halogens is 3. The van der Waals surface area contributed by atoms with Crippen molar-refractivity contribution in [2.45, 2.75) is 25.0 Å². The third-order valence-corrected chi connectivity index (χ3v) is 5.05. The van der Waals surface area contributed by atoms with E-state index < -0.39 is 0 Å². The van der Waals surface area contributed by atoms with E-state index in [4.69, 9.17) is 39.5 Å². The molecule has 2 aromatic carbocycles. The summed E-state index contributed by atoms with van der Waals surface area (Å²) in [5.74, 6) is 0.919. The van der Waals surface area contributed by atoms with Crippen LogP contribution in [0.2, 0.25) is 15.1 Å². The van der Waals surface area contributed by atoms with Crippen molar-refractivity contribution in [1.82, 2.24) is 5.32 Å². The summed E-state index contributed by atoms with van der Waals surface area (Å²) in [6.45, 7) is 0.934. The largest absolute Gasteiger partial charge is 0.475 e. The number of piperidine rings is 1. The fourth-order valence-electron chi connectivity index (χ4n) is 2.77. The van der Waals surface area contributed by atoms with Crippen molar-refractivity contribution in [1.29, 1.82) is 0 Å². The summed E-state index contributed by atoms with van der Waals surface area (Å²) in [6, 6.07) is 13.8. The Balaban J connectivity index is 1.83. The van der Waals surface area contributed by atoms with Gasteiger partial charge in [0.1, 0.15) is 5.75 Å². The zero-order valence-electron chi connectivity index (χ0n) is 11.9. The van der Waals surface area contributed by atoms with E-state index in [1.807, 2.05) is 6.07 Å². The summed E-state index contributed by atoms with van der Waals surface area (Å²) < 4.78 is 6.10. The highest BCUT2D eigenvalue weighted by Gasteiger charge is 2.28. The average Bonchev–Trinajstić information content (AvgIpc) is 2.54. The number of benzene rings is 2. The molecule has 22 heavy (non-hydrogen) atoms. The summed E-state index contributed by atoms with van der Waals surface area (Å²) in [6.07, 6.45) is 2.10. The fraction of sp³-hybridized carbons (Fsp3) is 0.294. The molecule has 3 rings (SSSR count). The van der Waals surface area contributed by atoms with E-state index in [1.165, 1.54) is 5.56 Å². The molecular formula is C17H16Cl3NO. The van der Waals surface area contributed by atoms with Crippen molar-refractivity contribution in [3.05, 3.63) is 63.1 Å². The van der Waals surface area contributed by atoms with Crippen LogP contribution < -0.4 is 10.1 Å². The third-order valence-electron chi connectivity index (χ3n) is 3.85. The molecule has 1 N–H and O–H groups in total. The first-order valence-corrected chi connectivity index (χ1v) is 8.38. The lowest BCUT2D eigenvalue weighted by Gasteiger charge is -2.33. The second-order valence-corrected chi connectivity index (χ2v) is 6.55. The smallest absolute Gasteiger partial charge is 0.157 e. The Morgan fingerprint density at radius 1 is 1.00 bits per heavy atom. The van der Waals surface area contributed by atoms with Crippen molar-refractivity contribution in [2.75, 3.05) is 6.54 Å². The highest BCUT2D eigenvalue weighted by molar-refractivity contribution is 6.48. The van der Waals surface area contributed by atoms with Gasteiger partial charge in [-0.1, -0.05) is 65.1 Å². The van der Waals surface area contributed by atoms with E-state index in [1.54, 1.807) is 12.1 Å². The molecule has 2 aromatic rings. The van der Waals surface area contributed by atoms with Crippen LogP contribution in [-0.2, 0) is 0 Å². The predicted octanol–water partition coefficient (Wildman–Crippen LogP) is 5.52. The second-order valence-electron chi connectivity index (χ2n) is 5.35. The van der Waals surface area contributed by atoms with E-state index in [-0.39, 0.29) is 6.23 Å². The number of hydrogen-bond donors (Lipinski definition) is 1. The van der Waals surface area contributed by atoms with Crippen LogP contribution in [0, 0.1) is 0 Å². The molecule has 0 saturated carbocycles. The highest BCUT2D eigenvalue weighted by Crippen LogP contribution is 2.36. The van der Waals surface area contributed by atoms with E-state index >= 15 is 0 Å². The average molecular weight is 357 g/mol. The van der Waals surface area contributed by atoms with Crippen LogP contribution in [0.3, 0.4) is 0 Å². The SMILES string of the molecule is Clc1cc(OC2NCCCC2c2ccccc2)cc(Cl)c1Cl. The lowest BCUT2D eigenvalue weighted by molar-refractivity contribution is 0.108. The first kappa shape index (κ1) is 15.9. The zero-order chi connectivity index (χ0) is 15.5. The molecule has 1 saturated heterocycles. The molecule has 2 atom stereocenters. The summed E-state index contributed by atoms with van der Waals surface area (Å²) in [5, 5.41) is 4.58. The molecule has 0 aromatic heterocycles. The van der Waals surface area contributed by atoms with Gasteiger partial charge >= 0.3 is 0 Å². The van der Waals surface area contributed by atoms with Gasteiger partial charge in [-0.05, 0) is 24.9 Å². The van der Waals surface area contributed by atoms with E-state index in [0.29, 0.717) is 26.7 Å². The predicted molar refractivity (Wildman–Crippen MR) is 92.3 cm³/mol. The van der Waals surface area contributed by atoms with Crippen molar-refractivity contribution >= 4 is 34.8 Å². The van der Waals surface area contributed by atoms with E-state index in [9.17, 15) is 0 Å². The van der Waals surface area contributed by atoms with Gasteiger partial charge in [-0.3, -0.25) is 5.32 Å². The molecule has 116 valence electrons. The molecule has 0 amide bonds. The minimum Gasteiger partial charge on any atom is -0.475 e. The Morgan fingerprint density at radius 3 is 2.36 bits per heavy atom. The van der Waals surface area contributed by atoms with Gasteiger partial charge in [-0.15, -0.1) is 0 Å². The van der Waals surface area contributed by atoms with Gasteiger partial charge < -0.3 is 4.74 Å². The first-order valence-electron chi connectivity index (χ1n) is 7.24. The van der Waals surface area contributed by atoms with E-state index in [0.717, 1.165) is 19.4 Å². The Bertz CT molecular complexity index is 625. The fourth-order valence-corrected chi connectivity index (χ4v) is 3.35. The van der Waals surface area contributed by atoms with Gasteiger partial charge in [0, 0.05) is 18.1 Å². The zero-order valence-corrected chi connectivity index (χ0v) is 14.1. The summed E-state index contributed by atoms with van der Waals surface area (Å²) >= 11 is 18.1. The lowest BCUT2D eigenvalue weighted by atomic mass is 9.90. The van der Waals surface area contributed by atoms with Gasteiger partial charge in [0.05, 0.1) is 15.1 Å². The van der Waals surface area contributed by atoms with Crippen molar-refractivity contribution in [2.24, 2.45) is 0 Å². The van der Waals surface area contributed by atoms with Crippen LogP contribution in [-0.4, -0.2) is 12.8 Å². The van der Waals surface area contributed by atoms with Crippen LogP contribution in [0.4, 0.5) is 0 Å². The quantitative estimate of drug-likeness (QED) is 0.731. The minimum atomic E-state index is -0.107. The maximum Gasteiger partial charge on any atom is 0.157 e. The number of hydrogen-bond acceptors (Lipinski definition) is 2. The molecule has 0 spiro atoms. The molecule has 2 unspecified atom stereocenters. The molecule has 0 bridgehead atoms. The molecule has 2 nitrogen and oxygen atoms in total. The molecule has 1 heterocycles. The lowest BCUT2D eigenvalue weighted by Crippen LogP contribution is -2.44. The van der Waals surface area contributed by atoms with Gasteiger partial charge in [-0.25, -0.2) is 0 Å². The van der Waals surface area contributed by atoms with E-state index in [2.05, 4.69) is 29.6 Å². The van der Waals surface area contributed by atoms with Gasteiger partial charge in [0.25, 0.3) is 0 Å². The number of nitrogens with one attached hydrogen (secondary N) is 1. The molecule has 1 aliphatic rings. The summed E-state index contributed by atoms with van der Waals surface area (Å²) in [4.78, 5) is 0. The van der Waals surface area contributed by atoms with Crippen LogP contribution in [0.25, 0.3) is 0 Å². The van der Waals surface area contributed by atoms with Crippen molar-refractivity contribution in [3.63, 3.8) is 0 Å². The third kappa shape index (κ3) is 3.52. The van der Waals surface area contributed by atoms with Crippen LogP contribution in [0.5, 0.6) is 5.75 Å². The standard InChI is InChI=1S/C17H16Cl3NO/c18-14-9-12(10-15(19)16(14)20)22-17-13(7-4-8-21-17)11-5-2-1-3-6-11/h1-3,5-6,9-10,13,17,21H,4,7-8H2. The second kappa shape index (κ2) is 7.10.